The van der Waals surface area contributed by atoms with Crippen LogP contribution in [0.2, 0.25) is 0 Å². The number of oxime groups is 1. The molecule has 1 aromatic carbocycles. The van der Waals surface area contributed by atoms with Crippen molar-refractivity contribution in [1.29, 1.82) is 0 Å². The number of carbonyl (C=O) groups is 2. The summed E-state index contributed by atoms with van der Waals surface area (Å²) in [6, 6.07) is 5.35. The first-order valence-corrected chi connectivity index (χ1v) is 15.8. The van der Waals surface area contributed by atoms with Crippen molar-refractivity contribution < 1.29 is 29.4 Å². The Hall–Kier alpha value is -3.77. The van der Waals surface area contributed by atoms with E-state index in [4.69, 9.17) is 16.0 Å². The van der Waals surface area contributed by atoms with Crippen molar-refractivity contribution in [2.24, 2.45) is 33.7 Å². The number of terminal acetylenes is 1. The van der Waals surface area contributed by atoms with Gasteiger partial charge in [-0.25, -0.2) is 4.79 Å². The highest BCUT2D eigenvalue weighted by Gasteiger charge is 2.63. The van der Waals surface area contributed by atoms with Crippen LogP contribution in [-0.2, 0) is 16.1 Å². The second kappa shape index (κ2) is 11.3. The summed E-state index contributed by atoms with van der Waals surface area (Å²) >= 11 is 0. The number of aromatic carboxylic acids is 1. The number of hydrogen-bond donors (Lipinski definition) is 4. The molecule has 9 heteroatoms. The maximum absolute atomic E-state index is 12.5. The minimum absolute atomic E-state index is 0.107. The minimum atomic E-state index is -1.05. The molecule has 2 aromatic rings. The molecule has 1 amide bonds. The zero-order chi connectivity index (χ0) is 31.3. The summed E-state index contributed by atoms with van der Waals surface area (Å²) in [6.45, 7) is 4.68. The average molecular weight is 602 g/mol. The lowest BCUT2D eigenvalue weighted by atomic mass is 9.46. The Bertz CT molecular complexity index is 1580. The first-order chi connectivity index (χ1) is 21.0. The van der Waals surface area contributed by atoms with Crippen LogP contribution in [-0.4, -0.2) is 58.6 Å². The Morgan fingerprint density at radius 2 is 1.95 bits per heavy atom. The van der Waals surface area contributed by atoms with Gasteiger partial charge in [0.1, 0.15) is 17.0 Å². The molecular weight excluding hydrogens is 558 g/mol. The number of carbonyl (C=O) groups excluding carboxylic acids is 1. The molecule has 6 rings (SSSR count). The molecule has 234 valence electrons. The summed E-state index contributed by atoms with van der Waals surface area (Å²) in [7, 11) is 1.56. The first-order valence-electron chi connectivity index (χ1n) is 15.8. The Labute approximate surface area is 258 Å². The fourth-order valence-corrected chi connectivity index (χ4v) is 9.24. The Balaban J connectivity index is 1.04. The van der Waals surface area contributed by atoms with Gasteiger partial charge in [0.05, 0.1) is 12.8 Å². The van der Waals surface area contributed by atoms with E-state index in [1.807, 2.05) is 0 Å². The van der Waals surface area contributed by atoms with E-state index in [1.165, 1.54) is 5.57 Å². The van der Waals surface area contributed by atoms with Crippen molar-refractivity contribution >= 4 is 28.5 Å². The van der Waals surface area contributed by atoms with Crippen molar-refractivity contribution in [1.82, 2.24) is 10.3 Å². The van der Waals surface area contributed by atoms with E-state index >= 15 is 0 Å². The van der Waals surface area contributed by atoms with Crippen molar-refractivity contribution in [3.63, 3.8) is 0 Å². The van der Waals surface area contributed by atoms with Crippen LogP contribution in [0.15, 0.2) is 35.0 Å². The number of hydrogen-bond acceptors (Lipinski definition) is 6. The van der Waals surface area contributed by atoms with Crippen LogP contribution in [0.3, 0.4) is 0 Å². The van der Waals surface area contributed by atoms with Gasteiger partial charge < -0.3 is 30.1 Å². The number of aromatic amines is 1. The van der Waals surface area contributed by atoms with E-state index in [0.717, 1.165) is 56.0 Å². The predicted molar refractivity (Wildman–Crippen MR) is 167 cm³/mol. The molecule has 3 fully saturated rings. The van der Waals surface area contributed by atoms with Gasteiger partial charge in [-0.1, -0.05) is 30.5 Å². The van der Waals surface area contributed by atoms with Crippen LogP contribution in [0.1, 0.15) is 81.3 Å². The first kappa shape index (κ1) is 30.3. The Morgan fingerprint density at radius 3 is 2.70 bits per heavy atom. The molecule has 44 heavy (non-hydrogen) atoms. The monoisotopic (exact) mass is 601 g/mol. The SMILES string of the molecule is C#C[C@]1(O)CC[C@@H]2[C@@H]3CCC4=C/C(=N\OCC(=O)NCCc5c(C(=O)O)[nH]c6ccc(OC)cc56)CC[C@]4(C)[C@@H]3CC[C@@]21C. The van der Waals surface area contributed by atoms with Crippen molar-refractivity contribution in [3.8, 4) is 18.1 Å². The normalized spacial score (nSPS) is 33.5. The van der Waals surface area contributed by atoms with Crippen LogP contribution in [0, 0.1) is 40.9 Å². The number of aliphatic hydroxyl groups is 1. The maximum Gasteiger partial charge on any atom is 0.352 e. The van der Waals surface area contributed by atoms with E-state index in [-0.39, 0.29) is 35.6 Å². The molecule has 4 aliphatic carbocycles. The zero-order valence-corrected chi connectivity index (χ0v) is 25.9. The van der Waals surface area contributed by atoms with E-state index < -0.39 is 11.6 Å². The Kier molecular flexibility index (Phi) is 7.77. The quantitative estimate of drug-likeness (QED) is 0.242. The summed E-state index contributed by atoms with van der Waals surface area (Å²) in [5, 5.41) is 28.8. The summed E-state index contributed by atoms with van der Waals surface area (Å²) in [5.74, 6) is 3.65. The smallest absolute Gasteiger partial charge is 0.352 e. The lowest BCUT2D eigenvalue weighted by Gasteiger charge is -2.58. The number of carboxylic acids is 1. The third-order valence-corrected chi connectivity index (χ3v) is 11.8. The average Bonchev–Trinajstić information content (AvgIpc) is 3.51. The molecule has 4 aliphatic rings. The summed E-state index contributed by atoms with van der Waals surface area (Å²) in [4.78, 5) is 32.7. The summed E-state index contributed by atoms with van der Waals surface area (Å²) in [5.41, 5.74) is 2.64. The standard InChI is InChI=1S/C35H43N3O6/c1-5-35(42)16-12-28-25-8-6-21-18-22(10-14-33(21,2)27(25)11-15-34(28,35)3)38-44-20-30(39)36-17-13-24-26-19-23(43-4)7-9-29(26)37-31(24)32(40)41/h1,7,9,18-19,25,27-28,37,42H,6,8,10-17,20H2,2-4H3,(H,36,39)(H,40,41)/b38-22-/t25-,27-,28-,33+,34+,35+/m1/s1. The van der Waals surface area contributed by atoms with Gasteiger partial charge in [0.25, 0.3) is 5.91 Å². The van der Waals surface area contributed by atoms with Crippen LogP contribution in [0.5, 0.6) is 5.75 Å². The molecule has 9 nitrogen and oxygen atoms in total. The highest BCUT2D eigenvalue weighted by Crippen LogP contribution is 2.67. The number of nitrogens with zero attached hydrogens (tertiary/aromatic N) is 1. The third-order valence-electron chi connectivity index (χ3n) is 11.8. The molecule has 0 saturated heterocycles. The molecule has 0 radical (unpaired) electrons. The second-order valence-corrected chi connectivity index (χ2v) is 13.7. The van der Waals surface area contributed by atoms with E-state index in [2.05, 4.69) is 41.3 Å². The van der Waals surface area contributed by atoms with Gasteiger partial charge >= 0.3 is 5.97 Å². The molecular formula is C35H43N3O6. The van der Waals surface area contributed by atoms with Crippen molar-refractivity contribution in [3.05, 3.63) is 41.1 Å². The number of aromatic nitrogens is 1. The molecule has 0 aliphatic heterocycles. The lowest BCUT2D eigenvalue weighted by molar-refractivity contribution is -0.125. The van der Waals surface area contributed by atoms with Crippen molar-refractivity contribution in [2.45, 2.75) is 77.2 Å². The van der Waals surface area contributed by atoms with Gasteiger partial charge in [-0.3, -0.25) is 4.79 Å². The van der Waals surface area contributed by atoms with Crippen LogP contribution in [0.25, 0.3) is 10.9 Å². The molecule has 6 atom stereocenters. The van der Waals surface area contributed by atoms with Crippen LogP contribution >= 0.6 is 0 Å². The Morgan fingerprint density at radius 1 is 1.16 bits per heavy atom. The van der Waals surface area contributed by atoms with Crippen molar-refractivity contribution in [2.75, 3.05) is 20.3 Å². The van der Waals surface area contributed by atoms with Gasteiger partial charge in [0.15, 0.2) is 6.61 Å². The molecule has 3 saturated carbocycles. The number of fused-ring (bicyclic) bond motifs is 6. The number of rotatable bonds is 8. The van der Waals surface area contributed by atoms with Gasteiger partial charge in [-0.15, -0.1) is 6.42 Å². The van der Waals surface area contributed by atoms with Gasteiger partial charge in [-0.2, -0.15) is 0 Å². The zero-order valence-electron chi connectivity index (χ0n) is 25.9. The van der Waals surface area contributed by atoms with E-state index in [1.54, 1.807) is 25.3 Å². The number of nitrogens with one attached hydrogen (secondary N) is 2. The molecule has 1 aromatic heterocycles. The maximum atomic E-state index is 12.5. The summed E-state index contributed by atoms with van der Waals surface area (Å²) < 4.78 is 5.29. The van der Waals surface area contributed by atoms with Gasteiger partial charge in [0.2, 0.25) is 0 Å². The number of benzene rings is 1. The molecule has 0 bridgehead atoms. The van der Waals surface area contributed by atoms with E-state index in [0.29, 0.717) is 47.4 Å². The number of allylic oxidation sites excluding steroid dienone is 2. The highest BCUT2D eigenvalue weighted by molar-refractivity contribution is 5.98. The fraction of sp³-hybridized carbons (Fsp3) is 0.571. The summed E-state index contributed by atoms with van der Waals surface area (Å²) in [6.07, 6.45) is 16.0. The fourth-order valence-electron chi connectivity index (χ4n) is 9.24. The minimum Gasteiger partial charge on any atom is -0.497 e. The lowest BCUT2D eigenvalue weighted by Crippen LogP contribution is -2.54. The topological polar surface area (TPSA) is 133 Å². The number of carboxylic acid groups (broad SMARTS) is 1. The van der Waals surface area contributed by atoms with Gasteiger partial charge in [-0.05, 0) is 111 Å². The van der Waals surface area contributed by atoms with E-state index in [9.17, 15) is 19.8 Å². The number of ether oxygens (including phenoxy) is 1. The van der Waals surface area contributed by atoms with Gasteiger partial charge in [0, 0.05) is 22.9 Å². The predicted octanol–water partition coefficient (Wildman–Crippen LogP) is 5.23. The number of amides is 1. The molecule has 4 N–H and O–H groups in total. The van der Waals surface area contributed by atoms with Crippen LogP contribution in [0.4, 0.5) is 0 Å². The second-order valence-electron chi connectivity index (χ2n) is 13.7. The van der Waals surface area contributed by atoms with Crippen LogP contribution < -0.4 is 10.1 Å². The number of H-pyrrole nitrogens is 1. The molecule has 1 heterocycles. The molecule has 0 spiro atoms. The molecule has 0 unspecified atom stereocenters. The third kappa shape index (κ3) is 4.88. The highest BCUT2D eigenvalue weighted by atomic mass is 16.6. The largest absolute Gasteiger partial charge is 0.497 e. The number of methoxy groups -OCH3 is 1.